The van der Waals surface area contributed by atoms with Gasteiger partial charge in [-0.3, -0.25) is 0 Å². The molecule has 0 heterocycles. The number of halogens is 10. The van der Waals surface area contributed by atoms with Crippen LogP contribution in [-0.2, 0) is 38.5 Å². The Morgan fingerprint density at radius 2 is 0.594 bits per heavy atom. The monoisotopic (exact) mass is 667 g/mol. The van der Waals surface area contributed by atoms with E-state index in [-0.39, 0.29) is 0 Å². The summed E-state index contributed by atoms with van der Waals surface area (Å²) >= 11 is 1.75. The Kier molecular flexibility index (Phi) is 13.4. The molecule has 0 bridgehead atoms. The molecule has 0 N–H and O–H groups in total. The summed E-state index contributed by atoms with van der Waals surface area (Å²) in [5.41, 5.74) is -1.90. The molecule has 0 spiro atoms. The quantitative estimate of drug-likeness (QED) is 0.129. The fraction of sp³-hybridized carbons (Fsp3) is 0.143. The predicted molar refractivity (Wildman–Crippen MR) is 96.7 cm³/mol. The Bertz CT molecular complexity index is 730. The first-order valence-electron chi connectivity index (χ1n) is 8.03. The molecule has 3 aromatic rings. The van der Waals surface area contributed by atoms with Crippen LogP contribution in [0.25, 0.3) is 0 Å². The molecule has 0 radical (unpaired) electrons. The molecule has 180 valence electrons. The molecule has 0 saturated heterocycles. The van der Waals surface area contributed by atoms with Gasteiger partial charge in [-0.05, 0) is 0 Å². The second-order valence-electron chi connectivity index (χ2n) is 5.36. The average Bonchev–Trinajstić information content (AvgIpc) is 2.76. The van der Waals surface area contributed by atoms with Crippen LogP contribution in [0.1, 0.15) is 16.7 Å². The summed E-state index contributed by atoms with van der Waals surface area (Å²) < 4.78 is 106. The van der Waals surface area contributed by atoms with Gasteiger partial charge < -0.3 is 0 Å². The van der Waals surface area contributed by atoms with Gasteiger partial charge in [0.05, 0.1) is 0 Å². The normalized spacial score (nSPS) is 11.0. The van der Waals surface area contributed by atoms with E-state index in [4.69, 9.17) is 0 Å². The van der Waals surface area contributed by atoms with Gasteiger partial charge in [-0.15, -0.1) is 0 Å². The first-order valence-corrected chi connectivity index (χ1v) is 10.7. The van der Waals surface area contributed by atoms with Crippen molar-refractivity contribution < 1.29 is 59.5 Å². The van der Waals surface area contributed by atoms with E-state index < -0.39 is 35.2 Å². The summed E-state index contributed by atoms with van der Waals surface area (Å²) in [6.45, 7) is 0. The molecule has 0 nitrogen and oxygen atoms in total. The molecule has 0 aliphatic heterocycles. The molecule has 0 amide bonds. The molecule has 0 unspecified atom stereocenters. The molecular formula is C21H12AuClF9-3. The average molecular weight is 668 g/mol. The van der Waals surface area contributed by atoms with Crippen molar-refractivity contribution in [3.63, 3.8) is 0 Å². The van der Waals surface area contributed by atoms with Crippen LogP contribution in [0.5, 0.6) is 0 Å². The van der Waals surface area contributed by atoms with Gasteiger partial charge >= 0.3 is 47.7 Å². The van der Waals surface area contributed by atoms with E-state index >= 15 is 0 Å². The number of hydrogen-bond donors (Lipinski definition) is 0. The standard InChI is InChI=1S/3C7H4F3.Au.ClH/c3*8-7(9,10)6-4-2-1-3-5-6;;/h3*2-5H;;1H/q3*-1;+1;/p-1. The van der Waals surface area contributed by atoms with E-state index in [1.165, 1.54) is 36.4 Å². The maximum atomic E-state index is 11.8. The third-order valence-electron chi connectivity index (χ3n) is 3.14. The van der Waals surface area contributed by atoms with Crippen LogP contribution in [0.15, 0.2) is 72.8 Å². The fourth-order valence-electron chi connectivity index (χ4n) is 1.73. The Balaban J connectivity index is 0.000000433. The van der Waals surface area contributed by atoms with E-state index in [2.05, 4.69) is 27.4 Å². The van der Waals surface area contributed by atoms with Crippen molar-refractivity contribution in [2.24, 2.45) is 0 Å². The first kappa shape index (κ1) is 30.1. The molecule has 3 rings (SSSR count). The van der Waals surface area contributed by atoms with E-state index in [0.29, 0.717) is 0 Å². The number of hydrogen-bond acceptors (Lipinski definition) is 0. The summed E-state index contributed by atoms with van der Waals surface area (Å²) in [7, 11) is 4.58. The van der Waals surface area contributed by atoms with E-state index in [1.807, 2.05) is 0 Å². The Labute approximate surface area is 194 Å². The molecule has 0 aliphatic rings. The van der Waals surface area contributed by atoms with Crippen LogP contribution in [0.2, 0.25) is 0 Å². The summed E-state index contributed by atoms with van der Waals surface area (Å²) in [6.07, 6.45) is -12.7. The molecule has 0 aromatic heterocycles. The van der Waals surface area contributed by atoms with Crippen molar-refractivity contribution in [2.75, 3.05) is 0 Å². The Morgan fingerprint density at radius 3 is 0.688 bits per heavy atom. The minimum absolute atomic E-state index is 0.633. The van der Waals surface area contributed by atoms with Crippen LogP contribution in [0.3, 0.4) is 0 Å². The van der Waals surface area contributed by atoms with Gasteiger partial charge in [-0.25, -0.2) is 0 Å². The zero-order valence-corrected chi connectivity index (χ0v) is 18.4. The fourth-order valence-corrected chi connectivity index (χ4v) is 1.73. The van der Waals surface area contributed by atoms with E-state index in [0.717, 1.165) is 36.4 Å². The zero-order chi connectivity index (χ0) is 24.8. The van der Waals surface area contributed by atoms with Gasteiger partial charge in [0.2, 0.25) is 0 Å². The van der Waals surface area contributed by atoms with Crippen LogP contribution in [0, 0.1) is 18.2 Å². The van der Waals surface area contributed by atoms with Gasteiger partial charge in [0.1, 0.15) is 0 Å². The van der Waals surface area contributed by atoms with Gasteiger partial charge in [0, 0.05) is 0 Å². The summed E-state index contributed by atoms with van der Waals surface area (Å²) in [5, 5.41) is 0. The van der Waals surface area contributed by atoms with Gasteiger partial charge in [-0.2, -0.15) is 131 Å². The van der Waals surface area contributed by atoms with E-state index in [1.54, 1.807) is 20.0 Å². The van der Waals surface area contributed by atoms with Crippen molar-refractivity contribution in [3.05, 3.63) is 108 Å². The van der Waals surface area contributed by atoms with Crippen LogP contribution in [-0.4, -0.2) is 0 Å². The van der Waals surface area contributed by atoms with Crippen LogP contribution < -0.4 is 0 Å². The topological polar surface area (TPSA) is 0 Å². The van der Waals surface area contributed by atoms with Gasteiger partial charge in [0.15, 0.2) is 0 Å². The zero-order valence-electron chi connectivity index (χ0n) is 15.5. The van der Waals surface area contributed by atoms with Crippen LogP contribution in [0.4, 0.5) is 39.5 Å². The van der Waals surface area contributed by atoms with Crippen molar-refractivity contribution in [1.29, 1.82) is 0 Å². The summed E-state index contributed by atoms with van der Waals surface area (Å²) in [5.74, 6) is 0. The second-order valence-corrected chi connectivity index (χ2v) is 5.36. The Morgan fingerprint density at radius 1 is 0.438 bits per heavy atom. The SMILES string of the molecule is FC(F)(F)c1cc[c-]cc1.FC(F)(F)c1cc[c-]cc1.FC(F)(F)c1cc[c-]cc1.[Cl][Au]. The number of benzene rings is 3. The summed E-state index contributed by atoms with van der Waals surface area (Å²) in [6, 6.07) is 20.9. The van der Waals surface area contributed by atoms with Gasteiger partial charge in [-0.1, -0.05) is 16.7 Å². The number of rotatable bonds is 0. The maximum absolute atomic E-state index is 11.8. The first-order chi connectivity index (χ1) is 14.8. The number of alkyl halides is 9. The van der Waals surface area contributed by atoms with E-state index in [9.17, 15) is 39.5 Å². The van der Waals surface area contributed by atoms with Crippen LogP contribution >= 0.6 is 9.19 Å². The molecule has 0 aliphatic carbocycles. The molecule has 3 aromatic carbocycles. The van der Waals surface area contributed by atoms with Gasteiger partial charge in [0.25, 0.3) is 0 Å². The van der Waals surface area contributed by atoms with Crippen molar-refractivity contribution >= 4 is 9.19 Å². The molecule has 11 heteroatoms. The third kappa shape index (κ3) is 12.8. The minimum atomic E-state index is -4.23. The van der Waals surface area contributed by atoms with Crippen molar-refractivity contribution in [1.82, 2.24) is 0 Å². The van der Waals surface area contributed by atoms with Crippen molar-refractivity contribution in [2.45, 2.75) is 18.5 Å². The predicted octanol–water partition coefficient (Wildman–Crippen LogP) is 8.20. The molecular weight excluding hydrogens is 656 g/mol. The van der Waals surface area contributed by atoms with Crippen molar-refractivity contribution in [3.8, 4) is 0 Å². The molecule has 32 heavy (non-hydrogen) atoms. The molecule has 0 saturated carbocycles. The third-order valence-corrected chi connectivity index (χ3v) is 3.14. The second kappa shape index (κ2) is 14.3. The molecule has 0 atom stereocenters. The summed E-state index contributed by atoms with van der Waals surface area (Å²) in [4.78, 5) is 0. The Hall–Kier alpha value is -1.94. The molecule has 0 fully saturated rings.